The van der Waals surface area contributed by atoms with Crippen molar-refractivity contribution in [1.82, 2.24) is 87.6 Å². The maximum absolute atomic E-state index is 15.2. The van der Waals surface area contributed by atoms with Crippen molar-refractivity contribution in [2.45, 2.75) is 201 Å². The maximum atomic E-state index is 15.2. The van der Waals surface area contributed by atoms with Gasteiger partial charge in [-0.25, -0.2) is 0 Å². The first-order valence-electron chi connectivity index (χ1n) is 41.5. The molecule has 3 fully saturated rings. The number of benzene rings is 3. The van der Waals surface area contributed by atoms with E-state index in [2.05, 4.69) is 63.1 Å². The van der Waals surface area contributed by atoms with Gasteiger partial charge in [-0.05, 0) is 93.3 Å². The number of phenols is 1. The number of H-pyrrole nitrogens is 2. The van der Waals surface area contributed by atoms with Crippen LogP contribution in [0.4, 0.5) is 0 Å². The smallest absolute Gasteiger partial charge is 0.303 e. The van der Waals surface area contributed by atoms with Gasteiger partial charge in [0.1, 0.15) is 90.3 Å². The van der Waals surface area contributed by atoms with Crippen LogP contribution in [0.5, 0.6) is 5.75 Å². The molecule has 15 atom stereocenters. The van der Waals surface area contributed by atoms with Crippen LogP contribution in [-0.4, -0.2) is 334 Å². The highest BCUT2D eigenvalue weighted by molar-refractivity contribution is 8.00. The number of likely N-dealkylation sites (N-methyl/N-ethyl adjacent to an activating group) is 3. The van der Waals surface area contributed by atoms with Gasteiger partial charge < -0.3 is 130 Å². The summed E-state index contributed by atoms with van der Waals surface area (Å²) in [6, 6.07) is -3.96. The Morgan fingerprint density at radius 3 is 1.64 bits per heavy atom. The van der Waals surface area contributed by atoms with Crippen LogP contribution < -0.4 is 64.6 Å². The standard InChI is InChI=1S/C83H113N19O24S/c1-7-8-18-63-76(119)95-60(35-66(84)108)83(126)101-28-13-19-64(101)77(120)96-61(40-105)75(118)92-56(27-30-104)82(125)102-39-49(107)34-65(102)78(121)93-57(32-46-36-86-52-16-11-9-14-50(46)52)74(117)91-55(26-29-103)73(116)94-59(33-47-37-87-53-17-12-10-15-51(47)53)80(123)99(5)44(3)79(122)98(4)43(2)70(113)90-54(24-25-69(111)112)72(115)97-62(71(114)88-38-67(85)109)41-127-42-68(110)89-58(81(124)100(63)6)31-45-20-22-48(106)23-21-45/h9-12,14-17,20-23,36-37,43-44,49,54-65,86-87,103-107H,7-8,13,18-19,24-35,38-42H2,1-6H3,(H2,84,108)(H2,85,109)(H,88,114)(H,89,110)(H,90,113)(H,91,117)(H,92,118)(H,93,121)(H,94,116)(H,95,119)(H,96,120)(H,97,115)(H,111,112)/t43-,44-,49+,54-,55-,56-,57-,58-,59-,60-,61-,62?,63-,64-,65?/m0/s1. The predicted octanol–water partition coefficient (Wildman–Crippen LogP) is -5.74. The highest BCUT2D eigenvalue weighted by atomic mass is 32.2. The third-order valence-electron chi connectivity index (χ3n) is 22.5. The van der Waals surface area contributed by atoms with E-state index in [1.165, 1.54) is 59.3 Å². The summed E-state index contributed by atoms with van der Waals surface area (Å²) in [6.07, 6.45) is -2.44. The van der Waals surface area contributed by atoms with Gasteiger partial charge in [-0.1, -0.05) is 68.3 Å². The predicted molar refractivity (Wildman–Crippen MR) is 455 cm³/mol. The van der Waals surface area contributed by atoms with Crippen LogP contribution in [0.3, 0.4) is 0 Å². The highest BCUT2D eigenvalue weighted by Crippen LogP contribution is 2.27. The molecular formula is C83H113N19O24S. The first-order chi connectivity index (χ1) is 60.4. The number of unbranched alkanes of at least 4 members (excludes halogenated alkanes) is 1. The van der Waals surface area contributed by atoms with Gasteiger partial charge in [0.15, 0.2) is 0 Å². The van der Waals surface area contributed by atoms with E-state index < -0.39 is 280 Å². The number of hydrogen-bond acceptors (Lipinski definition) is 24. The van der Waals surface area contributed by atoms with Crippen LogP contribution >= 0.6 is 11.8 Å². The van der Waals surface area contributed by atoms with E-state index in [1.54, 1.807) is 67.8 Å². The molecule has 0 radical (unpaired) electrons. The maximum Gasteiger partial charge on any atom is 0.303 e. The average Bonchev–Trinajstić information content (AvgIpc) is 1.71. The molecular weight excluding hydrogens is 1680 g/mol. The van der Waals surface area contributed by atoms with Crippen molar-refractivity contribution >= 4 is 140 Å². The first-order valence-corrected chi connectivity index (χ1v) is 42.7. The molecule has 43 nitrogen and oxygen atoms in total. The zero-order valence-corrected chi connectivity index (χ0v) is 71.9. The second-order valence-corrected chi connectivity index (χ2v) is 32.6. The number of carbonyl (C=O) groups is 18. The topological polar surface area (TPSA) is 649 Å². The molecule has 0 saturated carbocycles. The molecule has 3 aromatic carbocycles. The van der Waals surface area contributed by atoms with Crippen molar-refractivity contribution in [3.63, 3.8) is 0 Å². The second-order valence-electron chi connectivity index (χ2n) is 31.6. The quantitative estimate of drug-likeness (QED) is 0.0307. The number of aromatic nitrogens is 2. The van der Waals surface area contributed by atoms with Crippen molar-refractivity contribution < 1.29 is 117 Å². The van der Waals surface area contributed by atoms with Gasteiger partial charge in [-0.15, -0.1) is 11.8 Å². The van der Waals surface area contributed by atoms with Crippen LogP contribution in [0.15, 0.2) is 85.2 Å². The number of fused-ring (bicyclic) bond motifs is 4. The average molecular weight is 1790 g/mol. The SMILES string of the molecule is CCCC[C@H]1C(=O)N[C@@H](CC(N)=O)C(=O)N2CCC[C@H]2C(=O)N[C@@H](CO)C(=O)N[C@@H](CCO)C(=O)N2C[C@H](O)CC2C(=O)N[C@@H](Cc2c[nH]c3ccccc23)C(=O)N[C@@H](CCO)C(=O)N[C@@H](Cc2c[nH]c3ccccc23)C(=O)N(C)[C@@H](C)C(=O)N(C)[C@@H](C)C(=O)N[C@@H](CCC(=O)O)C(=O)NC(C(=O)NCC(N)=O)CSCC(=O)N[C@@H](Cc2ccc(O)cc2)C(=O)N1C. The number of amides is 17. The van der Waals surface area contributed by atoms with E-state index in [-0.39, 0.29) is 57.2 Å². The van der Waals surface area contributed by atoms with Crippen molar-refractivity contribution in [3.8, 4) is 5.75 Å². The lowest BCUT2D eigenvalue weighted by atomic mass is 10.0. The first kappa shape index (κ1) is 99.6. The zero-order valence-electron chi connectivity index (χ0n) is 71.1. The van der Waals surface area contributed by atoms with Crippen molar-refractivity contribution in [1.29, 1.82) is 0 Å². The Hall–Kier alpha value is -12.8. The van der Waals surface area contributed by atoms with Gasteiger partial charge in [-0.2, -0.15) is 0 Å². The number of nitrogens with two attached hydrogens (primary N) is 2. The van der Waals surface area contributed by atoms with Crippen LogP contribution in [-0.2, 0) is 106 Å². The van der Waals surface area contributed by atoms with Crippen molar-refractivity contribution in [2.75, 3.05) is 72.1 Å². The number of carboxylic acids is 1. The molecule has 3 aliphatic heterocycles. The van der Waals surface area contributed by atoms with E-state index >= 15 is 14.4 Å². The van der Waals surface area contributed by atoms with Gasteiger partial charge in [0, 0.05) is 120 Å². The summed E-state index contributed by atoms with van der Waals surface area (Å²) in [6.45, 7) is 0.0559. The van der Waals surface area contributed by atoms with Crippen molar-refractivity contribution in [3.05, 3.63) is 102 Å². The number of aliphatic hydroxyl groups is 4. The van der Waals surface area contributed by atoms with E-state index in [0.717, 1.165) is 24.5 Å². The van der Waals surface area contributed by atoms with Crippen LogP contribution in [0.1, 0.15) is 108 Å². The molecule has 0 bridgehead atoms. The second kappa shape index (κ2) is 47.0. The van der Waals surface area contributed by atoms with E-state index in [0.29, 0.717) is 56.7 Å². The summed E-state index contributed by atoms with van der Waals surface area (Å²) in [5.74, 6) is -20.4. The van der Waals surface area contributed by atoms with Crippen LogP contribution in [0, 0.1) is 0 Å². The number of primary amides is 2. The number of aliphatic hydroxyl groups excluding tert-OH is 4. The minimum atomic E-state index is -1.91. The Morgan fingerprint density at radius 2 is 1.03 bits per heavy atom. The summed E-state index contributed by atoms with van der Waals surface area (Å²) in [4.78, 5) is 268. The summed E-state index contributed by atoms with van der Waals surface area (Å²) in [5.41, 5.74) is 13.5. The number of phenolic OH excluding ortho intramolecular Hbond substituents is 1. The molecule has 17 amide bonds. The van der Waals surface area contributed by atoms with E-state index in [4.69, 9.17) is 11.5 Å². The number of carboxylic acid groups (broad SMARTS) is 1. The van der Waals surface area contributed by atoms with Gasteiger partial charge in [0.25, 0.3) is 0 Å². The van der Waals surface area contributed by atoms with Crippen LogP contribution in [0.25, 0.3) is 21.8 Å². The zero-order chi connectivity index (χ0) is 93.2. The third kappa shape index (κ3) is 27.1. The Morgan fingerprint density at radius 1 is 0.520 bits per heavy atom. The molecule has 5 aromatic rings. The fourth-order valence-electron chi connectivity index (χ4n) is 15.2. The molecule has 2 aromatic heterocycles. The molecule has 3 aliphatic rings. The lowest BCUT2D eigenvalue weighted by Crippen LogP contribution is -2.61. The molecule has 22 N–H and O–H groups in total. The molecule has 2 unspecified atom stereocenters. The largest absolute Gasteiger partial charge is 0.508 e. The Kier molecular flexibility index (Phi) is 36.8. The summed E-state index contributed by atoms with van der Waals surface area (Å²) in [7, 11) is 3.62. The molecule has 0 spiro atoms. The number of nitrogens with zero attached hydrogens (tertiary/aromatic N) is 5. The van der Waals surface area contributed by atoms with E-state index in [1.807, 2.05) is 0 Å². The normalized spacial score (nSPS) is 25.6. The van der Waals surface area contributed by atoms with Gasteiger partial charge >= 0.3 is 5.97 Å². The number of para-hydroxylation sites is 2. The van der Waals surface area contributed by atoms with E-state index in [9.17, 15) is 103 Å². The molecule has 0 aliphatic carbocycles. The van der Waals surface area contributed by atoms with Gasteiger partial charge in [0.05, 0.1) is 31.4 Å². The fraction of sp³-hybridized carbons (Fsp3) is 0.518. The van der Waals surface area contributed by atoms with Crippen LogP contribution in [0.2, 0.25) is 0 Å². The van der Waals surface area contributed by atoms with Gasteiger partial charge in [-0.3, -0.25) is 86.3 Å². The molecule has 5 heterocycles. The number of thioether (sulfide) groups is 1. The fourth-order valence-corrected chi connectivity index (χ4v) is 16.0. The van der Waals surface area contributed by atoms with Gasteiger partial charge in [0.2, 0.25) is 100 Å². The van der Waals surface area contributed by atoms with Crippen molar-refractivity contribution in [2.24, 2.45) is 11.5 Å². The third-order valence-corrected chi connectivity index (χ3v) is 23.5. The molecule has 44 heteroatoms. The number of aliphatic carboxylic acids is 1. The molecule has 8 rings (SSSR count). The number of carbonyl (C=O) groups excluding carboxylic acids is 17. The Labute approximate surface area is 733 Å². The summed E-state index contributed by atoms with van der Waals surface area (Å²) in [5, 5.41) is 89.1. The summed E-state index contributed by atoms with van der Waals surface area (Å²) < 4.78 is 0. The summed E-state index contributed by atoms with van der Waals surface area (Å²) >= 11 is 0.691. The Bertz CT molecular complexity index is 4840. The minimum absolute atomic E-state index is 0.0938. The molecule has 3 saturated heterocycles. The monoisotopic (exact) mass is 1790 g/mol. The number of nitrogens with one attached hydrogen (secondary N) is 12. The highest BCUT2D eigenvalue weighted by Gasteiger charge is 2.46. The molecule has 127 heavy (non-hydrogen) atoms. The lowest BCUT2D eigenvalue weighted by Gasteiger charge is -2.34. The molecule has 690 valence electrons. The Balaban J connectivity index is 1.16. The lowest BCUT2D eigenvalue weighted by molar-refractivity contribution is -0.148. The minimum Gasteiger partial charge on any atom is -0.508 e. The number of aromatic hydroxyl groups is 1. The number of aromatic amines is 2. The number of rotatable bonds is 22. The number of hydrogen-bond donors (Lipinski definition) is 20.